The molecule has 0 amide bonds. The van der Waals surface area contributed by atoms with E-state index in [1.807, 2.05) is 30.3 Å². The van der Waals surface area contributed by atoms with Gasteiger partial charge in [0.1, 0.15) is 11.4 Å². The van der Waals surface area contributed by atoms with E-state index in [-0.39, 0.29) is 11.4 Å². The molecule has 1 atom stereocenters. The summed E-state index contributed by atoms with van der Waals surface area (Å²) in [6.45, 7) is 2.28. The number of ether oxygens (including phenoxy) is 1. The Bertz CT molecular complexity index is 312. The number of hydrogen-bond acceptors (Lipinski definition) is 2. The first-order valence-corrected chi connectivity index (χ1v) is 4.42. The van der Waals surface area contributed by atoms with Gasteiger partial charge >= 0.3 is 0 Å². The van der Waals surface area contributed by atoms with Crippen molar-refractivity contribution in [2.75, 3.05) is 6.61 Å². The summed E-state index contributed by atoms with van der Waals surface area (Å²) < 4.78 is 5.37. The molecule has 1 aromatic carbocycles. The molecule has 1 aromatic rings. The van der Waals surface area contributed by atoms with Gasteiger partial charge in [-0.15, -0.1) is 0 Å². The quantitative estimate of drug-likeness (QED) is 0.658. The zero-order valence-electron chi connectivity index (χ0n) is 7.62. The molecule has 13 heavy (non-hydrogen) atoms. The van der Waals surface area contributed by atoms with E-state index in [1.165, 1.54) is 0 Å². The molecule has 0 radical (unpaired) electrons. The van der Waals surface area contributed by atoms with Crippen LogP contribution in [0.1, 0.15) is 18.9 Å². The molecule has 2 heteroatoms. The van der Waals surface area contributed by atoms with Crippen LogP contribution >= 0.6 is 0 Å². The van der Waals surface area contributed by atoms with Gasteiger partial charge in [0.15, 0.2) is 0 Å². The normalized spacial score (nSPS) is 25.6. The van der Waals surface area contributed by atoms with Crippen LogP contribution in [0.3, 0.4) is 0 Å². The second-order valence-electron chi connectivity index (χ2n) is 3.53. The highest BCUT2D eigenvalue weighted by molar-refractivity contribution is 5.77. The number of ketones is 1. The summed E-state index contributed by atoms with van der Waals surface area (Å²) in [6.07, 6.45) is 0.497. The van der Waals surface area contributed by atoms with E-state index in [0.29, 0.717) is 13.0 Å². The van der Waals surface area contributed by atoms with Gasteiger partial charge in [-0.2, -0.15) is 0 Å². The molecule has 0 aliphatic carbocycles. The first-order valence-electron chi connectivity index (χ1n) is 4.42. The SMILES string of the molecule is CC(=O)CC1(c2ccccc2)CO1. The van der Waals surface area contributed by atoms with Crippen LogP contribution in [0.4, 0.5) is 0 Å². The molecule has 0 spiro atoms. The lowest BCUT2D eigenvalue weighted by Gasteiger charge is -2.09. The summed E-state index contributed by atoms with van der Waals surface area (Å²) in [4.78, 5) is 11.0. The van der Waals surface area contributed by atoms with E-state index in [1.54, 1.807) is 6.92 Å². The third-order valence-corrected chi connectivity index (χ3v) is 2.33. The van der Waals surface area contributed by atoms with Gasteiger partial charge in [-0.25, -0.2) is 0 Å². The highest BCUT2D eigenvalue weighted by Crippen LogP contribution is 2.41. The summed E-state index contributed by atoms with van der Waals surface area (Å²) in [7, 11) is 0. The van der Waals surface area contributed by atoms with Gasteiger partial charge in [0.05, 0.1) is 6.61 Å². The summed E-state index contributed by atoms with van der Waals surface area (Å²) in [6, 6.07) is 9.93. The van der Waals surface area contributed by atoms with Crippen molar-refractivity contribution in [3.05, 3.63) is 35.9 Å². The summed E-state index contributed by atoms with van der Waals surface area (Å²) in [5.74, 6) is 0.182. The van der Waals surface area contributed by atoms with Crippen molar-refractivity contribution in [3.8, 4) is 0 Å². The van der Waals surface area contributed by atoms with Gasteiger partial charge in [0.25, 0.3) is 0 Å². The van der Waals surface area contributed by atoms with Crippen molar-refractivity contribution >= 4 is 5.78 Å². The molecule has 1 aliphatic rings. The van der Waals surface area contributed by atoms with Crippen molar-refractivity contribution in [3.63, 3.8) is 0 Å². The van der Waals surface area contributed by atoms with E-state index >= 15 is 0 Å². The summed E-state index contributed by atoms with van der Waals surface area (Å²) >= 11 is 0. The maximum absolute atomic E-state index is 11.0. The maximum Gasteiger partial charge on any atom is 0.133 e. The fraction of sp³-hybridized carbons (Fsp3) is 0.364. The number of hydrogen-bond donors (Lipinski definition) is 0. The number of Topliss-reactive ketones (excluding diaryl/α,β-unsaturated/α-hetero) is 1. The standard InChI is InChI=1S/C11H12O2/c1-9(12)7-11(8-13-11)10-5-3-2-4-6-10/h2-6H,7-8H2,1H3. The minimum atomic E-state index is -0.285. The predicted molar refractivity (Wildman–Crippen MR) is 49.4 cm³/mol. The molecule has 0 aromatic heterocycles. The minimum absolute atomic E-state index is 0.182. The number of carbonyl (C=O) groups is 1. The Morgan fingerprint density at radius 3 is 2.54 bits per heavy atom. The lowest BCUT2D eigenvalue weighted by atomic mass is 9.95. The monoisotopic (exact) mass is 176 g/mol. The smallest absolute Gasteiger partial charge is 0.133 e. The molecule has 1 fully saturated rings. The Kier molecular flexibility index (Phi) is 1.93. The fourth-order valence-electron chi connectivity index (χ4n) is 1.60. The van der Waals surface area contributed by atoms with Crippen LogP contribution in [-0.4, -0.2) is 12.4 Å². The molecule has 1 unspecified atom stereocenters. The first-order chi connectivity index (χ1) is 6.23. The molecular weight excluding hydrogens is 164 g/mol. The molecule has 68 valence electrons. The van der Waals surface area contributed by atoms with Gasteiger partial charge in [-0.05, 0) is 12.5 Å². The Morgan fingerprint density at radius 2 is 2.08 bits per heavy atom. The average Bonchev–Trinajstić information content (AvgIpc) is 2.86. The van der Waals surface area contributed by atoms with Crippen LogP contribution in [0, 0.1) is 0 Å². The molecule has 1 aliphatic heterocycles. The Balaban J connectivity index is 2.21. The minimum Gasteiger partial charge on any atom is -0.364 e. The second kappa shape index (κ2) is 2.96. The zero-order valence-corrected chi connectivity index (χ0v) is 7.62. The topological polar surface area (TPSA) is 29.6 Å². The van der Waals surface area contributed by atoms with E-state index < -0.39 is 0 Å². The van der Waals surface area contributed by atoms with Crippen molar-refractivity contribution in [2.45, 2.75) is 18.9 Å². The fourth-order valence-corrected chi connectivity index (χ4v) is 1.60. The van der Waals surface area contributed by atoms with Crippen LogP contribution in [0.15, 0.2) is 30.3 Å². The Morgan fingerprint density at radius 1 is 1.46 bits per heavy atom. The van der Waals surface area contributed by atoms with Crippen molar-refractivity contribution in [1.29, 1.82) is 0 Å². The average molecular weight is 176 g/mol. The molecule has 2 nitrogen and oxygen atoms in total. The number of carbonyl (C=O) groups excluding carboxylic acids is 1. The van der Waals surface area contributed by atoms with Crippen LogP contribution in [-0.2, 0) is 15.1 Å². The van der Waals surface area contributed by atoms with E-state index in [2.05, 4.69) is 0 Å². The lowest BCUT2D eigenvalue weighted by Crippen LogP contribution is -2.12. The van der Waals surface area contributed by atoms with Crippen molar-refractivity contribution in [1.82, 2.24) is 0 Å². The highest BCUT2D eigenvalue weighted by atomic mass is 16.6. The third-order valence-electron chi connectivity index (χ3n) is 2.33. The Hall–Kier alpha value is -1.15. The van der Waals surface area contributed by atoms with Gasteiger partial charge in [0, 0.05) is 6.42 Å². The molecule has 1 heterocycles. The van der Waals surface area contributed by atoms with Gasteiger partial charge < -0.3 is 4.74 Å². The van der Waals surface area contributed by atoms with Crippen molar-refractivity contribution in [2.24, 2.45) is 0 Å². The van der Waals surface area contributed by atoms with E-state index in [4.69, 9.17) is 4.74 Å². The summed E-state index contributed by atoms with van der Waals surface area (Å²) in [5, 5.41) is 0. The van der Waals surface area contributed by atoms with E-state index in [9.17, 15) is 4.79 Å². The van der Waals surface area contributed by atoms with Gasteiger partial charge in [-0.1, -0.05) is 30.3 Å². The lowest BCUT2D eigenvalue weighted by molar-refractivity contribution is -0.118. The van der Waals surface area contributed by atoms with Crippen LogP contribution in [0.25, 0.3) is 0 Å². The maximum atomic E-state index is 11.0. The Labute approximate surface area is 77.5 Å². The van der Waals surface area contributed by atoms with Crippen molar-refractivity contribution < 1.29 is 9.53 Å². The number of benzene rings is 1. The summed E-state index contributed by atoms with van der Waals surface area (Å²) in [5.41, 5.74) is 0.831. The predicted octanol–water partition coefficient (Wildman–Crippen LogP) is 1.89. The number of epoxide rings is 1. The second-order valence-corrected chi connectivity index (χ2v) is 3.53. The molecule has 2 rings (SSSR count). The number of rotatable bonds is 3. The van der Waals surface area contributed by atoms with Gasteiger partial charge in [0.2, 0.25) is 0 Å². The highest BCUT2D eigenvalue weighted by Gasteiger charge is 2.47. The van der Waals surface area contributed by atoms with Crippen LogP contribution in [0.2, 0.25) is 0 Å². The van der Waals surface area contributed by atoms with E-state index in [0.717, 1.165) is 5.56 Å². The third kappa shape index (κ3) is 1.63. The van der Waals surface area contributed by atoms with Crippen LogP contribution < -0.4 is 0 Å². The molecule has 0 saturated carbocycles. The molecule has 0 bridgehead atoms. The first kappa shape index (κ1) is 8.45. The van der Waals surface area contributed by atoms with Gasteiger partial charge in [-0.3, -0.25) is 4.79 Å². The zero-order chi connectivity index (χ0) is 9.31. The molecule has 0 N–H and O–H groups in total. The van der Waals surface area contributed by atoms with Crippen LogP contribution in [0.5, 0.6) is 0 Å². The largest absolute Gasteiger partial charge is 0.364 e. The molecule has 1 saturated heterocycles. The molecular formula is C11H12O2.